The molecule has 3 N–H and O–H groups in total. The summed E-state index contributed by atoms with van der Waals surface area (Å²) in [7, 11) is 0. The maximum Gasteiger partial charge on any atom is 0.426 e. The van der Waals surface area contributed by atoms with E-state index in [1.165, 1.54) is 12.1 Å². The number of hydrazine groups is 1. The number of fused-ring (bicyclic) bond motifs is 1. The summed E-state index contributed by atoms with van der Waals surface area (Å²) in [5, 5.41) is 0.890. The maximum absolute atomic E-state index is 12.8. The van der Waals surface area contributed by atoms with E-state index >= 15 is 0 Å². The SMILES string of the molecule is FC(F)(F)C1(c2ccc3cc[nH]c3c2)NN1. The Morgan fingerprint density at radius 2 is 1.81 bits per heavy atom. The second kappa shape index (κ2) is 2.78. The van der Waals surface area contributed by atoms with E-state index in [2.05, 4.69) is 15.8 Å². The number of hydrogen-bond donors (Lipinski definition) is 3. The highest BCUT2D eigenvalue weighted by atomic mass is 19.4. The molecule has 3 rings (SSSR count). The summed E-state index contributed by atoms with van der Waals surface area (Å²) >= 11 is 0. The van der Waals surface area contributed by atoms with Crippen LogP contribution in [0.15, 0.2) is 30.5 Å². The first kappa shape index (κ1) is 9.68. The summed E-state index contributed by atoms with van der Waals surface area (Å²) in [5.41, 5.74) is 3.12. The van der Waals surface area contributed by atoms with Crippen LogP contribution in [-0.4, -0.2) is 11.2 Å². The van der Waals surface area contributed by atoms with Gasteiger partial charge >= 0.3 is 6.18 Å². The highest BCUT2D eigenvalue weighted by molar-refractivity contribution is 5.80. The molecule has 0 amide bonds. The topological polar surface area (TPSA) is 59.7 Å². The van der Waals surface area contributed by atoms with Crippen molar-refractivity contribution < 1.29 is 13.2 Å². The first-order chi connectivity index (χ1) is 7.53. The Morgan fingerprint density at radius 3 is 2.44 bits per heavy atom. The molecule has 16 heavy (non-hydrogen) atoms. The second-order valence-electron chi connectivity index (χ2n) is 3.78. The summed E-state index contributed by atoms with van der Waals surface area (Å²) in [5.74, 6) is 0. The maximum atomic E-state index is 12.8. The van der Waals surface area contributed by atoms with Crippen molar-refractivity contribution >= 4 is 10.9 Å². The zero-order valence-corrected chi connectivity index (χ0v) is 8.02. The summed E-state index contributed by atoms with van der Waals surface area (Å²) in [6.45, 7) is 0. The van der Waals surface area contributed by atoms with Crippen molar-refractivity contribution in [2.24, 2.45) is 0 Å². The van der Waals surface area contributed by atoms with Crippen LogP contribution in [-0.2, 0) is 5.66 Å². The fourth-order valence-electron chi connectivity index (χ4n) is 1.79. The van der Waals surface area contributed by atoms with Crippen molar-refractivity contribution in [1.82, 2.24) is 15.8 Å². The Labute approximate surface area is 88.6 Å². The van der Waals surface area contributed by atoms with Gasteiger partial charge in [-0.15, -0.1) is 0 Å². The van der Waals surface area contributed by atoms with Crippen LogP contribution < -0.4 is 10.9 Å². The van der Waals surface area contributed by atoms with E-state index in [1.807, 2.05) is 6.07 Å². The molecule has 0 bridgehead atoms. The molecular formula is C10H8F3N3. The Balaban J connectivity index is 2.12. The zero-order chi connectivity index (χ0) is 11.4. The Kier molecular flexibility index (Phi) is 1.68. The van der Waals surface area contributed by atoms with Crippen LogP contribution in [0.3, 0.4) is 0 Å². The second-order valence-corrected chi connectivity index (χ2v) is 3.78. The van der Waals surface area contributed by atoms with Crippen molar-refractivity contribution in [2.45, 2.75) is 11.8 Å². The number of benzene rings is 1. The molecular weight excluding hydrogens is 219 g/mol. The molecule has 1 aromatic carbocycles. The number of nitrogens with one attached hydrogen (secondary N) is 3. The van der Waals surface area contributed by atoms with Gasteiger partial charge in [0.25, 0.3) is 0 Å². The van der Waals surface area contributed by atoms with Crippen LogP contribution in [0.5, 0.6) is 0 Å². The Hall–Kier alpha value is -1.53. The third kappa shape index (κ3) is 1.17. The fraction of sp³-hybridized carbons (Fsp3) is 0.200. The van der Waals surface area contributed by atoms with Gasteiger partial charge in [0, 0.05) is 17.3 Å². The first-order valence-corrected chi connectivity index (χ1v) is 4.72. The van der Waals surface area contributed by atoms with Gasteiger partial charge < -0.3 is 4.98 Å². The average molecular weight is 227 g/mol. The van der Waals surface area contributed by atoms with E-state index in [4.69, 9.17) is 0 Å². The molecule has 1 saturated heterocycles. The number of rotatable bonds is 1. The molecule has 0 atom stereocenters. The van der Waals surface area contributed by atoms with Gasteiger partial charge in [-0.05, 0) is 17.5 Å². The molecule has 1 fully saturated rings. The third-order valence-corrected chi connectivity index (χ3v) is 2.79. The summed E-state index contributed by atoms with van der Waals surface area (Å²) in [6.07, 6.45) is -2.66. The molecule has 0 aliphatic carbocycles. The lowest BCUT2D eigenvalue weighted by Gasteiger charge is -2.16. The number of alkyl halides is 3. The molecule has 2 heterocycles. The van der Waals surface area contributed by atoms with Crippen molar-refractivity contribution in [1.29, 1.82) is 0 Å². The molecule has 3 nitrogen and oxygen atoms in total. The van der Waals surface area contributed by atoms with Gasteiger partial charge in [0.1, 0.15) is 0 Å². The smallest absolute Gasteiger partial charge is 0.361 e. The third-order valence-electron chi connectivity index (χ3n) is 2.79. The molecule has 0 radical (unpaired) electrons. The van der Waals surface area contributed by atoms with E-state index in [9.17, 15) is 13.2 Å². The highest BCUT2D eigenvalue weighted by Crippen LogP contribution is 2.42. The zero-order valence-electron chi connectivity index (χ0n) is 8.02. The number of aromatic nitrogens is 1. The van der Waals surface area contributed by atoms with Gasteiger partial charge in [0.15, 0.2) is 0 Å². The quantitative estimate of drug-likeness (QED) is 0.652. The molecule has 1 aromatic heterocycles. The minimum Gasteiger partial charge on any atom is -0.361 e. The van der Waals surface area contributed by atoms with Gasteiger partial charge in [-0.1, -0.05) is 12.1 Å². The molecule has 1 aliphatic heterocycles. The molecule has 84 valence electrons. The number of H-pyrrole nitrogens is 1. The van der Waals surface area contributed by atoms with Crippen LogP contribution in [0.25, 0.3) is 10.9 Å². The minimum atomic E-state index is -4.35. The van der Waals surface area contributed by atoms with E-state index in [0.29, 0.717) is 5.52 Å². The predicted molar refractivity (Wildman–Crippen MR) is 52.3 cm³/mol. The van der Waals surface area contributed by atoms with Gasteiger partial charge in [-0.2, -0.15) is 13.2 Å². The summed E-state index contributed by atoms with van der Waals surface area (Å²) < 4.78 is 38.3. The lowest BCUT2D eigenvalue weighted by atomic mass is 10.0. The first-order valence-electron chi connectivity index (χ1n) is 4.72. The Bertz CT molecular complexity index is 539. The molecule has 6 heteroatoms. The van der Waals surface area contributed by atoms with Gasteiger partial charge in [-0.25, -0.2) is 10.9 Å². The van der Waals surface area contributed by atoms with Gasteiger partial charge in [0.2, 0.25) is 5.66 Å². The largest absolute Gasteiger partial charge is 0.426 e. The molecule has 0 saturated carbocycles. The van der Waals surface area contributed by atoms with Crippen LogP contribution >= 0.6 is 0 Å². The average Bonchev–Trinajstić information content (AvgIpc) is 2.91. The van der Waals surface area contributed by atoms with Crippen LogP contribution in [0.2, 0.25) is 0 Å². The standard InChI is InChI=1S/C10H8F3N3/c11-10(12,13)9(15-16-9)7-2-1-6-3-4-14-8(6)5-7/h1-5,14-16H. The van der Waals surface area contributed by atoms with Crippen LogP contribution in [0.4, 0.5) is 13.2 Å². The van der Waals surface area contributed by atoms with E-state index in [1.54, 1.807) is 12.3 Å². The molecule has 0 spiro atoms. The van der Waals surface area contributed by atoms with Crippen molar-refractivity contribution in [3.05, 3.63) is 36.0 Å². The summed E-state index contributed by atoms with van der Waals surface area (Å²) in [6, 6.07) is 6.44. The lowest BCUT2D eigenvalue weighted by Crippen LogP contribution is -2.34. The van der Waals surface area contributed by atoms with Gasteiger partial charge in [0.05, 0.1) is 0 Å². The summed E-state index contributed by atoms with van der Waals surface area (Å²) in [4.78, 5) is 2.89. The predicted octanol–water partition coefficient (Wildman–Crippen LogP) is 1.99. The molecule has 2 aromatic rings. The number of halogens is 3. The monoisotopic (exact) mass is 227 g/mol. The fourth-order valence-corrected chi connectivity index (χ4v) is 1.79. The lowest BCUT2D eigenvalue weighted by molar-refractivity contribution is -0.165. The van der Waals surface area contributed by atoms with Crippen LogP contribution in [0, 0.1) is 0 Å². The normalized spacial score (nSPS) is 18.9. The van der Waals surface area contributed by atoms with Crippen molar-refractivity contribution in [3.8, 4) is 0 Å². The Morgan fingerprint density at radius 1 is 1.06 bits per heavy atom. The van der Waals surface area contributed by atoms with Crippen molar-refractivity contribution in [3.63, 3.8) is 0 Å². The minimum absolute atomic E-state index is 0.162. The number of aromatic amines is 1. The molecule has 1 aliphatic rings. The van der Waals surface area contributed by atoms with E-state index in [-0.39, 0.29) is 5.56 Å². The van der Waals surface area contributed by atoms with Crippen molar-refractivity contribution in [2.75, 3.05) is 0 Å². The van der Waals surface area contributed by atoms with E-state index in [0.717, 1.165) is 5.39 Å². The number of hydrogen-bond acceptors (Lipinski definition) is 2. The van der Waals surface area contributed by atoms with E-state index < -0.39 is 11.8 Å². The molecule has 0 unspecified atom stereocenters. The highest BCUT2D eigenvalue weighted by Gasteiger charge is 2.65. The van der Waals surface area contributed by atoms with Gasteiger partial charge in [-0.3, -0.25) is 0 Å². The van der Waals surface area contributed by atoms with Crippen LogP contribution in [0.1, 0.15) is 5.56 Å².